The number of morpholine rings is 1. The fraction of sp³-hybridized carbons (Fsp3) is 0.286. The molecule has 4 rings (SSSR count). The number of fused-ring (bicyclic) bond motifs is 1. The average molecular weight is 395 g/mol. The van der Waals surface area contributed by atoms with E-state index in [1.807, 2.05) is 29.2 Å². The summed E-state index contributed by atoms with van der Waals surface area (Å²) in [5.41, 5.74) is 5.02. The number of rotatable bonds is 4. The number of thiazole rings is 1. The molecule has 2 heterocycles. The summed E-state index contributed by atoms with van der Waals surface area (Å²) in [7, 11) is 0. The highest BCUT2D eigenvalue weighted by atomic mass is 32.1. The normalized spacial score (nSPS) is 14.9. The van der Waals surface area contributed by atoms with Crippen LogP contribution in [0.15, 0.2) is 30.3 Å². The van der Waals surface area contributed by atoms with Gasteiger partial charge in [-0.3, -0.25) is 10.1 Å². The van der Waals surface area contributed by atoms with E-state index in [0.717, 1.165) is 20.8 Å². The van der Waals surface area contributed by atoms with Gasteiger partial charge >= 0.3 is 0 Å². The van der Waals surface area contributed by atoms with Gasteiger partial charge in [0.1, 0.15) is 10.7 Å². The molecule has 0 atom stereocenters. The molecular weight excluding hydrogens is 374 g/mol. The van der Waals surface area contributed by atoms with Crippen molar-refractivity contribution < 1.29 is 9.66 Å². The quantitative estimate of drug-likeness (QED) is 0.468. The van der Waals surface area contributed by atoms with Crippen LogP contribution in [-0.4, -0.2) is 36.2 Å². The van der Waals surface area contributed by atoms with Gasteiger partial charge in [0.15, 0.2) is 0 Å². The lowest BCUT2D eigenvalue weighted by Crippen LogP contribution is -2.36. The van der Waals surface area contributed by atoms with E-state index in [1.165, 1.54) is 11.1 Å². The molecule has 0 amide bonds. The number of hydrogen-bond donors (Lipinski definition) is 0. The molecule has 6 nitrogen and oxygen atoms in total. The van der Waals surface area contributed by atoms with Crippen molar-refractivity contribution in [1.82, 2.24) is 4.98 Å². The van der Waals surface area contributed by atoms with Crippen molar-refractivity contribution in [3.05, 3.63) is 62.1 Å². The van der Waals surface area contributed by atoms with Gasteiger partial charge in [-0.1, -0.05) is 12.1 Å². The van der Waals surface area contributed by atoms with E-state index in [4.69, 9.17) is 4.74 Å². The topological polar surface area (TPSA) is 68.5 Å². The van der Waals surface area contributed by atoms with Gasteiger partial charge in [-0.25, -0.2) is 4.98 Å². The van der Waals surface area contributed by atoms with Crippen molar-refractivity contribution in [2.24, 2.45) is 0 Å². The van der Waals surface area contributed by atoms with Crippen LogP contribution >= 0.6 is 11.3 Å². The summed E-state index contributed by atoms with van der Waals surface area (Å²) in [6.45, 7) is 6.70. The fourth-order valence-corrected chi connectivity index (χ4v) is 4.25. The number of ether oxygens (including phenoxy) is 1. The number of hydrogen-bond acceptors (Lipinski definition) is 6. The van der Waals surface area contributed by atoms with Gasteiger partial charge in [-0.15, -0.1) is 11.3 Å². The fourth-order valence-electron chi connectivity index (χ4n) is 3.30. The number of aromatic nitrogens is 1. The molecule has 3 aromatic rings. The Labute approximate surface area is 167 Å². The third-order valence-electron chi connectivity index (χ3n) is 4.99. The van der Waals surface area contributed by atoms with Crippen LogP contribution in [0.25, 0.3) is 22.4 Å². The molecule has 0 radical (unpaired) electrons. The Morgan fingerprint density at radius 3 is 2.64 bits per heavy atom. The highest BCUT2D eigenvalue weighted by molar-refractivity contribution is 7.19. The van der Waals surface area contributed by atoms with Gasteiger partial charge < -0.3 is 9.64 Å². The molecule has 0 unspecified atom stereocenters. The lowest BCUT2D eigenvalue weighted by molar-refractivity contribution is -0.384. The molecule has 1 aliphatic heterocycles. The molecule has 1 saturated heterocycles. The standard InChI is InChI=1S/C21H21N3O3S/c1-14-11-17-20(12-15(14)2)28-21(22-17)6-4-16-3-5-18(19(13-16)24(25)26)23-7-9-27-10-8-23/h3-6,11-13H,7-10H2,1-2H3. The maximum atomic E-state index is 11.6. The smallest absolute Gasteiger partial charge is 0.293 e. The number of anilines is 1. The second-order valence-corrected chi connectivity index (χ2v) is 7.96. The largest absolute Gasteiger partial charge is 0.378 e. The van der Waals surface area contributed by atoms with Gasteiger partial charge in [-0.2, -0.15) is 0 Å². The van der Waals surface area contributed by atoms with Crippen LogP contribution in [-0.2, 0) is 4.74 Å². The summed E-state index contributed by atoms with van der Waals surface area (Å²) < 4.78 is 6.49. The Morgan fingerprint density at radius 2 is 1.89 bits per heavy atom. The van der Waals surface area contributed by atoms with Gasteiger partial charge in [-0.05, 0) is 54.8 Å². The third kappa shape index (κ3) is 3.76. The summed E-state index contributed by atoms with van der Waals surface area (Å²) in [5, 5.41) is 12.5. The molecule has 144 valence electrons. The first-order chi connectivity index (χ1) is 13.5. The van der Waals surface area contributed by atoms with E-state index >= 15 is 0 Å². The summed E-state index contributed by atoms with van der Waals surface area (Å²) in [6.07, 6.45) is 3.80. The molecule has 0 bridgehead atoms. The molecule has 0 spiro atoms. The van der Waals surface area contributed by atoms with E-state index < -0.39 is 0 Å². The minimum atomic E-state index is -0.314. The molecule has 0 aliphatic carbocycles. The minimum absolute atomic E-state index is 0.125. The zero-order valence-corrected chi connectivity index (χ0v) is 16.7. The summed E-state index contributed by atoms with van der Waals surface area (Å²) in [4.78, 5) is 17.9. The number of nitro benzene ring substituents is 1. The molecule has 7 heteroatoms. The third-order valence-corrected chi connectivity index (χ3v) is 5.97. The zero-order chi connectivity index (χ0) is 19.7. The van der Waals surface area contributed by atoms with E-state index in [2.05, 4.69) is 31.0 Å². The number of benzene rings is 2. The van der Waals surface area contributed by atoms with Crippen LogP contribution in [0.3, 0.4) is 0 Å². The van der Waals surface area contributed by atoms with Gasteiger partial charge in [0.05, 0.1) is 28.4 Å². The van der Waals surface area contributed by atoms with E-state index in [9.17, 15) is 10.1 Å². The van der Waals surface area contributed by atoms with Crippen molar-refractivity contribution in [1.29, 1.82) is 0 Å². The maximum absolute atomic E-state index is 11.6. The summed E-state index contributed by atoms with van der Waals surface area (Å²) >= 11 is 1.62. The number of aryl methyl sites for hydroxylation is 2. The Bertz CT molecular complexity index is 1030. The van der Waals surface area contributed by atoms with Crippen molar-refractivity contribution in [3.63, 3.8) is 0 Å². The number of nitro groups is 1. The predicted octanol–water partition coefficient (Wildman–Crippen LogP) is 4.83. The maximum Gasteiger partial charge on any atom is 0.293 e. The van der Waals surface area contributed by atoms with Crippen LogP contribution in [0, 0.1) is 24.0 Å². The Morgan fingerprint density at radius 1 is 1.14 bits per heavy atom. The van der Waals surface area contributed by atoms with Crippen molar-refractivity contribution in [2.45, 2.75) is 13.8 Å². The molecule has 0 saturated carbocycles. The van der Waals surface area contributed by atoms with Crippen molar-refractivity contribution >= 4 is 45.1 Å². The Balaban J connectivity index is 1.62. The monoisotopic (exact) mass is 395 g/mol. The molecular formula is C21H21N3O3S. The van der Waals surface area contributed by atoms with E-state index in [-0.39, 0.29) is 10.6 Å². The lowest BCUT2D eigenvalue weighted by Gasteiger charge is -2.28. The first-order valence-electron chi connectivity index (χ1n) is 9.18. The Kier molecular flexibility index (Phi) is 5.11. The first kappa shape index (κ1) is 18.6. The molecule has 1 aliphatic rings. The second-order valence-electron chi connectivity index (χ2n) is 6.89. The summed E-state index contributed by atoms with van der Waals surface area (Å²) in [6, 6.07) is 9.62. The van der Waals surface area contributed by atoms with Gasteiger partial charge in [0.25, 0.3) is 5.69 Å². The van der Waals surface area contributed by atoms with Crippen molar-refractivity contribution in [3.8, 4) is 0 Å². The zero-order valence-electron chi connectivity index (χ0n) is 15.8. The predicted molar refractivity (Wildman–Crippen MR) is 114 cm³/mol. The van der Waals surface area contributed by atoms with Crippen LogP contribution in [0.4, 0.5) is 11.4 Å². The molecule has 0 N–H and O–H groups in total. The summed E-state index contributed by atoms with van der Waals surface area (Å²) in [5.74, 6) is 0. The van der Waals surface area contributed by atoms with E-state index in [0.29, 0.717) is 32.0 Å². The van der Waals surface area contributed by atoms with Gasteiger partial charge in [0, 0.05) is 19.2 Å². The van der Waals surface area contributed by atoms with Crippen LogP contribution in [0.1, 0.15) is 21.7 Å². The SMILES string of the molecule is Cc1cc2nc(C=Cc3ccc(N4CCOCC4)c([N+](=O)[O-])c3)sc2cc1C. The Hall–Kier alpha value is -2.77. The van der Waals surface area contributed by atoms with Crippen LogP contribution in [0.5, 0.6) is 0 Å². The second kappa shape index (κ2) is 7.69. The molecule has 28 heavy (non-hydrogen) atoms. The number of nitrogens with zero attached hydrogens (tertiary/aromatic N) is 3. The minimum Gasteiger partial charge on any atom is -0.378 e. The van der Waals surface area contributed by atoms with Gasteiger partial charge in [0.2, 0.25) is 0 Å². The highest BCUT2D eigenvalue weighted by Crippen LogP contribution is 2.31. The molecule has 2 aromatic carbocycles. The first-order valence-corrected chi connectivity index (χ1v) is 10.00. The highest BCUT2D eigenvalue weighted by Gasteiger charge is 2.21. The average Bonchev–Trinajstić information content (AvgIpc) is 3.08. The lowest BCUT2D eigenvalue weighted by atomic mass is 10.1. The van der Waals surface area contributed by atoms with Crippen molar-refractivity contribution in [2.75, 3.05) is 31.2 Å². The molecule has 1 aromatic heterocycles. The van der Waals surface area contributed by atoms with Crippen LogP contribution in [0.2, 0.25) is 0 Å². The van der Waals surface area contributed by atoms with E-state index in [1.54, 1.807) is 17.4 Å². The molecule has 1 fully saturated rings. The van der Waals surface area contributed by atoms with Crippen LogP contribution < -0.4 is 4.90 Å².